The van der Waals surface area contributed by atoms with Gasteiger partial charge < -0.3 is 4.74 Å². The van der Waals surface area contributed by atoms with Gasteiger partial charge in [-0.1, -0.05) is 36.4 Å². The van der Waals surface area contributed by atoms with Gasteiger partial charge in [-0.05, 0) is 43.9 Å². The minimum absolute atomic E-state index is 0.185. The van der Waals surface area contributed by atoms with Crippen molar-refractivity contribution < 1.29 is 14.3 Å². The predicted octanol–water partition coefficient (Wildman–Crippen LogP) is 3.41. The van der Waals surface area contributed by atoms with E-state index in [1.165, 1.54) is 23.7 Å². The number of nitrogens with zero attached hydrogens (tertiary/aromatic N) is 4. The second-order valence-electron chi connectivity index (χ2n) is 6.12. The summed E-state index contributed by atoms with van der Waals surface area (Å²) in [6.07, 6.45) is 3.21. The monoisotopic (exact) mass is 396 g/mol. The number of amidine groups is 1. The predicted molar refractivity (Wildman–Crippen MR) is 111 cm³/mol. The number of allylic oxidation sites excluding steroid dienone is 3. The van der Waals surface area contributed by atoms with Crippen LogP contribution in [0.4, 0.5) is 0 Å². The normalized spacial score (nSPS) is 19.5. The van der Waals surface area contributed by atoms with Crippen molar-refractivity contribution in [3.05, 3.63) is 58.9 Å². The maximum absolute atomic E-state index is 12.1. The molecule has 0 saturated heterocycles. The molecule has 1 amide bonds. The molecule has 0 aromatic heterocycles. The highest BCUT2D eigenvalue weighted by Gasteiger charge is 2.25. The molecule has 0 bridgehead atoms. The van der Waals surface area contributed by atoms with Crippen molar-refractivity contribution >= 4 is 40.4 Å². The highest BCUT2D eigenvalue weighted by molar-refractivity contribution is 8.13. The van der Waals surface area contributed by atoms with Gasteiger partial charge in [0.1, 0.15) is 0 Å². The SMILES string of the molecule is CCSC1=N/C(=C\C=C2/N=C(c3ccc(C)cc3)OC2=O)C(C)=NN1C(C)=O. The second-order valence-corrected chi connectivity index (χ2v) is 7.35. The molecule has 0 spiro atoms. The Morgan fingerprint density at radius 2 is 1.82 bits per heavy atom. The Morgan fingerprint density at radius 3 is 2.46 bits per heavy atom. The van der Waals surface area contributed by atoms with Gasteiger partial charge in [-0.15, -0.1) is 0 Å². The lowest BCUT2D eigenvalue weighted by atomic mass is 10.1. The summed E-state index contributed by atoms with van der Waals surface area (Å²) in [6.45, 7) is 7.15. The second kappa shape index (κ2) is 8.35. The number of cyclic esters (lactones) is 1. The number of thioether (sulfide) groups is 1. The summed E-state index contributed by atoms with van der Waals surface area (Å²) in [5, 5.41) is 6.08. The standard InChI is InChI=1S/C20H20N4O3S/c1-5-28-20-22-16(13(3)23-24(20)14(4)25)10-11-17-19(26)27-18(21-17)15-8-6-12(2)7-9-15/h6-11H,5H2,1-4H3/b16-10-,17-11-. The summed E-state index contributed by atoms with van der Waals surface area (Å²) in [5.41, 5.74) is 3.17. The molecule has 0 unspecified atom stereocenters. The van der Waals surface area contributed by atoms with E-state index in [1.807, 2.05) is 38.1 Å². The third-order valence-corrected chi connectivity index (χ3v) is 4.72. The lowest BCUT2D eigenvalue weighted by Gasteiger charge is -2.22. The van der Waals surface area contributed by atoms with Crippen LogP contribution in [0.1, 0.15) is 31.9 Å². The minimum atomic E-state index is -0.518. The third kappa shape index (κ3) is 4.28. The number of benzene rings is 1. The zero-order valence-corrected chi connectivity index (χ0v) is 16.9. The Hall–Kier alpha value is -3.00. The van der Waals surface area contributed by atoms with Crippen LogP contribution in [0, 0.1) is 6.92 Å². The number of esters is 1. The summed E-state index contributed by atoms with van der Waals surface area (Å²) in [5.74, 6) is 0.304. The van der Waals surface area contributed by atoms with Crippen molar-refractivity contribution in [3.63, 3.8) is 0 Å². The van der Waals surface area contributed by atoms with E-state index in [1.54, 1.807) is 19.1 Å². The van der Waals surface area contributed by atoms with Crippen molar-refractivity contribution in [2.45, 2.75) is 27.7 Å². The zero-order valence-electron chi connectivity index (χ0n) is 16.1. The van der Waals surface area contributed by atoms with Crippen LogP contribution in [-0.4, -0.2) is 39.4 Å². The average molecular weight is 396 g/mol. The maximum atomic E-state index is 12.1. The van der Waals surface area contributed by atoms with Gasteiger partial charge in [-0.25, -0.2) is 14.8 Å². The van der Waals surface area contributed by atoms with Crippen LogP contribution in [-0.2, 0) is 14.3 Å². The largest absolute Gasteiger partial charge is 0.402 e. The molecule has 1 aromatic carbocycles. The maximum Gasteiger partial charge on any atom is 0.363 e. The fraction of sp³-hybridized carbons (Fsp3) is 0.250. The van der Waals surface area contributed by atoms with Crippen LogP contribution in [0.15, 0.2) is 62.9 Å². The van der Waals surface area contributed by atoms with E-state index in [4.69, 9.17) is 4.74 Å². The van der Waals surface area contributed by atoms with E-state index in [0.29, 0.717) is 16.6 Å². The number of rotatable bonds is 3. The lowest BCUT2D eigenvalue weighted by molar-refractivity contribution is -0.130. The highest BCUT2D eigenvalue weighted by atomic mass is 32.2. The molecule has 8 heteroatoms. The fourth-order valence-electron chi connectivity index (χ4n) is 2.46. The molecule has 28 heavy (non-hydrogen) atoms. The van der Waals surface area contributed by atoms with Gasteiger partial charge in [0.15, 0.2) is 10.9 Å². The van der Waals surface area contributed by atoms with Crippen LogP contribution >= 0.6 is 11.8 Å². The molecule has 2 aliphatic heterocycles. The number of aryl methyl sites for hydroxylation is 1. The molecule has 0 saturated carbocycles. The molecule has 0 aliphatic carbocycles. The van der Waals surface area contributed by atoms with Gasteiger partial charge in [-0.2, -0.15) is 10.1 Å². The molecule has 0 fully saturated rings. The number of hydrazone groups is 1. The van der Waals surface area contributed by atoms with Crippen molar-refractivity contribution in [2.24, 2.45) is 15.1 Å². The number of carbonyl (C=O) groups excluding carboxylic acids is 2. The Balaban J connectivity index is 1.89. The molecule has 0 radical (unpaired) electrons. The first-order chi connectivity index (χ1) is 13.4. The lowest BCUT2D eigenvalue weighted by Crippen LogP contribution is -2.32. The zero-order chi connectivity index (χ0) is 20.3. The molecule has 2 aliphatic rings. The fourth-order valence-corrected chi connectivity index (χ4v) is 3.17. The Kier molecular flexibility index (Phi) is 5.89. The van der Waals surface area contributed by atoms with Gasteiger partial charge in [0.25, 0.3) is 0 Å². The molecular formula is C20H20N4O3S. The summed E-state index contributed by atoms with van der Waals surface area (Å²) in [4.78, 5) is 32.7. The summed E-state index contributed by atoms with van der Waals surface area (Å²) in [7, 11) is 0. The van der Waals surface area contributed by atoms with E-state index in [-0.39, 0.29) is 17.5 Å². The van der Waals surface area contributed by atoms with Crippen LogP contribution < -0.4 is 0 Å². The van der Waals surface area contributed by atoms with E-state index < -0.39 is 5.97 Å². The number of hydrogen-bond donors (Lipinski definition) is 0. The molecular weight excluding hydrogens is 376 g/mol. The van der Waals surface area contributed by atoms with E-state index >= 15 is 0 Å². The Bertz CT molecular complexity index is 972. The number of hydrogen-bond acceptors (Lipinski definition) is 7. The summed E-state index contributed by atoms with van der Waals surface area (Å²) in [6, 6.07) is 7.57. The number of amides is 1. The third-order valence-electron chi connectivity index (χ3n) is 3.91. The van der Waals surface area contributed by atoms with E-state index in [9.17, 15) is 9.59 Å². The summed E-state index contributed by atoms with van der Waals surface area (Å²) < 4.78 is 5.27. The minimum Gasteiger partial charge on any atom is -0.402 e. The highest BCUT2D eigenvalue weighted by Crippen LogP contribution is 2.21. The number of ether oxygens (including phenoxy) is 1. The Labute approximate surface area is 167 Å². The van der Waals surface area contributed by atoms with E-state index in [0.717, 1.165) is 16.9 Å². The van der Waals surface area contributed by atoms with Crippen LogP contribution in [0.2, 0.25) is 0 Å². The van der Waals surface area contributed by atoms with Gasteiger partial charge >= 0.3 is 5.97 Å². The molecule has 2 heterocycles. The van der Waals surface area contributed by atoms with Gasteiger partial charge in [0, 0.05) is 12.5 Å². The van der Waals surface area contributed by atoms with E-state index in [2.05, 4.69) is 15.1 Å². The van der Waals surface area contributed by atoms with Crippen LogP contribution in [0.25, 0.3) is 0 Å². The molecule has 3 rings (SSSR count). The van der Waals surface area contributed by atoms with Crippen molar-refractivity contribution in [1.82, 2.24) is 5.01 Å². The van der Waals surface area contributed by atoms with Crippen LogP contribution in [0.3, 0.4) is 0 Å². The molecule has 1 aromatic rings. The van der Waals surface area contributed by atoms with Crippen molar-refractivity contribution in [2.75, 3.05) is 5.75 Å². The van der Waals surface area contributed by atoms with Gasteiger partial charge in [0.05, 0.1) is 11.4 Å². The first-order valence-electron chi connectivity index (χ1n) is 8.76. The van der Waals surface area contributed by atoms with Gasteiger partial charge in [0.2, 0.25) is 11.8 Å². The van der Waals surface area contributed by atoms with Crippen molar-refractivity contribution in [1.29, 1.82) is 0 Å². The first kappa shape index (κ1) is 19.8. The topological polar surface area (TPSA) is 83.7 Å². The molecule has 144 valence electrons. The average Bonchev–Trinajstić information content (AvgIpc) is 3.03. The quantitative estimate of drug-likeness (QED) is 0.579. The number of aliphatic imine (C=N–C) groups is 2. The number of carbonyl (C=O) groups is 2. The molecule has 7 nitrogen and oxygen atoms in total. The molecule has 0 atom stereocenters. The first-order valence-corrected chi connectivity index (χ1v) is 9.75. The Morgan fingerprint density at radius 1 is 1.14 bits per heavy atom. The van der Waals surface area contributed by atoms with Crippen LogP contribution in [0.5, 0.6) is 0 Å². The van der Waals surface area contributed by atoms with Crippen molar-refractivity contribution in [3.8, 4) is 0 Å². The smallest absolute Gasteiger partial charge is 0.363 e. The molecule has 0 N–H and O–H groups in total. The summed E-state index contributed by atoms with van der Waals surface area (Å²) >= 11 is 1.42. The van der Waals surface area contributed by atoms with Gasteiger partial charge in [-0.3, -0.25) is 4.79 Å².